The molecule has 10 heteroatoms. The van der Waals surface area contributed by atoms with E-state index in [0.29, 0.717) is 11.2 Å². The molecule has 0 N–H and O–H groups in total. The van der Waals surface area contributed by atoms with E-state index in [1.165, 1.54) is 22.3 Å². The van der Waals surface area contributed by atoms with Crippen molar-refractivity contribution in [1.82, 2.24) is 24.1 Å². The molecule has 0 amide bonds. The Hall–Kier alpha value is -4.47. The molecule has 0 aliphatic rings. The summed E-state index contributed by atoms with van der Waals surface area (Å²) < 4.78 is 46.9. The predicted octanol–water partition coefficient (Wildman–Crippen LogP) is 5.00. The Morgan fingerprint density at radius 1 is 0.944 bits per heavy atom. The zero-order valence-electron chi connectivity index (χ0n) is 19.3. The summed E-state index contributed by atoms with van der Waals surface area (Å²) in [6, 6.07) is 15.6. The van der Waals surface area contributed by atoms with Gasteiger partial charge in [0.1, 0.15) is 5.69 Å². The molecule has 0 aliphatic carbocycles. The standard InChI is InChI=1S/C26H20F3N5O2/c1-16-3-5-17(6-4-16)20-11-14-33-23(22(20)18-9-12-30-13-10-18)32-34(25(33)35)15-19-7-8-21(26(27,28)29)31-24(19)36-2/h3-14H,15H2,1-2H3. The second-order valence-corrected chi connectivity index (χ2v) is 8.20. The number of halogens is 3. The first-order valence-corrected chi connectivity index (χ1v) is 11.0. The Bertz CT molecular complexity index is 1610. The molecule has 0 spiro atoms. The van der Waals surface area contributed by atoms with E-state index in [2.05, 4.69) is 15.1 Å². The number of fused-ring (bicyclic) bond motifs is 1. The fourth-order valence-corrected chi connectivity index (χ4v) is 4.04. The molecule has 5 aromatic rings. The number of hydrogen-bond acceptors (Lipinski definition) is 5. The van der Waals surface area contributed by atoms with Crippen molar-refractivity contribution in [3.05, 3.63) is 100 Å². The first-order chi connectivity index (χ1) is 17.3. The summed E-state index contributed by atoms with van der Waals surface area (Å²) in [5.41, 5.74) is 3.67. The maximum Gasteiger partial charge on any atom is 0.433 e. The van der Waals surface area contributed by atoms with Crippen LogP contribution < -0.4 is 10.4 Å². The van der Waals surface area contributed by atoms with Crippen molar-refractivity contribution in [2.75, 3.05) is 7.11 Å². The number of benzene rings is 1. The molecular formula is C26H20F3N5O2. The van der Waals surface area contributed by atoms with Gasteiger partial charge in [0.25, 0.3) is 0 Å². The summed E-state index contributed by atoms with van der Waals surface area (Å²) in [5.74, 6) is -0.219. The number of ether oxygens (including phenoxy) is 1. The van der Waals surface area contributed by atoms with Crippen molar-refractivity contribution in [3.8, 4) is 28.1 Å². The van der Waals surface area contributed by atoms with E-state index in [-0.39, 0.29) is 12.4 Å². The van der Waals surface area contributed by atoms with Crippen molar-refractivity contribution in [2.24, 2.45) is 0 Å². The molecule has 36 heavy (non-hydrogen) atoms. The van der Waals surface area contributed by atoms with Gasteiger partial charge in [-0.1, -0.05) is 29.8 Å². The van der Waals surface area contributed by atoms with Crippen molar-refractivity contribution >= 4 is 5.65 Å². The van der Waals surface area contributed by atoms with Gasteiger partial charge in [-0.3, -0.25) is 4.98 Å². The van der Waals surface area contributed by atoms with E-state index >= 15 is 0 Å². The van der Waals surface area contributed by atoms with E-state index < -0.39 is 17.6 Å². The highest BCUT2D eigenvalue weighted by Gasteiger charge is 2.33. The van der Waals surface area contributed by atoms with Crippen LogP contribution in [0.5, 0.6) is 5.88 Å². The molecule has 0 bridgehead atoms. The third-order valence-electron chi connectivity index (χ3n) is 5.83. The van der Waals surface area contributed by atoms with Gasteiger partial charge in [-0.15, -0.1) is 5.10 Å². The molecule has 0 saturated heterocycles. The van der Waals surface area contributed by atoms with Crippen LogP contribution in [-0.4, -0.2) is 31.3 Å². The number of rotatable bonds is 5. The Morgan fingerprint density at radius 3 is 2.33 bits per heavy atom. The SMILES string of the molecule is COc1nc(C(F)(F)F)ccc1Cn1nc2c(-c3ccncc3)c(-c3ccc(C)cc3)ccn2c1=O. The van der Waals surface area contributed by atoms with Gasteiger partial charge in [0.2, 0.25) is 5.88 Å². The summed E-state index contributed by atoms with van der Waals surface area (Å²) in [4.78, 5) is 20.9. The summed E-state index contributed by atoms with van der Waals surface area (Å²) in [5, 5.41) is 4.58. The molecule has 5 rings (SSSR count). The average Bonchev–Trinajstić information content (AvgIpc) is 3.19. The van der Waals surface area contributed by atoms with Gasteiger partial charge in [-0.25, -0.2) is 18.9 Å². The van der Waals surface area contributed by atoms with Crippen LogP contribution in [0.25, 0.3) is 27.9 Å². The minimum atomic E-state index is -4.61. The molecule has 182 valence electrons. The zero-order chi connectivity index (χ0) is 25.4. The number of pyridine rings is 3. The molecule has 0 radical (unpaired) electrons. The average molecular weight is 491 g/mol. The zero-order valence-corrected chi connectivity index (χ0v) is 19.3. The normalized spacial score (nSPS) is 11.7. The van der Waals surface area contributed by atoms with Crippen molar-refractivity contribution in [3.63, 3.8) is 0 Å². The Kier molecular flexibility index (Phi) is 5.79. The fourth-order valence-electron chi connectivity index (χ4n) is 4.04. The topological polar surface area (TPSA) is 74.3 Å². The molecule has 0 aliphatic heterocycles. The van der Waals surface area contributed by atoms with E-state index in [9.17, 15) is 18.0 Å². The van der Waals surface area contributed by atoms with Gasteiger partial charge >= 0.3 is 11.9 Å². The van der Waals surface area contributed by atoms with E-state index in [4.69, 9.17) is 4.74 Å². The quantitative estimate of drug-likeness (QED) is 0.346. The smallest absolute Gasteiger partial charge is 0.433 e. The summed E-state index contributed by atoms with van der Waals surface area (Å²) in [7, 11) is 1.23. The second-order valence-electron chi connectivity index (χ2n) is 8.20. The van der Waals surface area contributed by atoms with Crippen LogP contribution >= 0.6 is 0 Å². The molecule has 4 aromatic heterocycles. The monoisotopic (exact) mass is 491 g/mol. The van der Waals surface area contributed by atoms with Gasteiger partial charge in [0.05, 0.1) is 13.7 Å². The van der Waals surface area contributed by atoms with Crippen LogP contribution in [0.15, 0.2) is 78.0 Å². The van der Waals surface area contributed by atoms with Gasteiger partial charge in [-0.2, -0.15) is 13.2 Å². The largest absolute Gasteiger partial charge is 0.481 e. The molecular weight excluding hydrogens is 471 g/mol. The maximum absolute atomic E-state index is 13.2. The van der Waals surface area contributed by atoms with Crippen LogP contribution in [0.3, 0.4) is 0 Å². The maximum atomic E-state index is 13.2. The molecule has 0 atom stereocenters. The number of hydrogen-bond donors (Lipinski definition) is 0. The third-order valence-corrected chi connectivity index (χ3v) is 5.83. The summed E-state index contributed by atoms with van der Waals surface area (Å²) in [6.45, 7) is 1.88. The van der Waals surface area contributed by atoms with Crippen LogP contribution in [0.4, 0.5) is 13.2 Å². The highest BCUT2D eigenvalue weighted by atomic mass is 19.4. The molecule has 4 heterocycles. The summed E-state index contributed by atoms with van der Waals surface area (Å²) >= 11 is 0. The molecule has 1 aromatic carbocycles. The van der Waals surface area contributed by atoms with Gasteiger partial charge < -0.3 is 4.74 Å². The van der Waals surface area contributed by atoms with Gasteiger partial charge in [0.15, 0.2) is 5.65 Å². The van der Waals surface area contributed by atoms with Crippen molar-refractivity contribution in [1.29, 1.82) is 0 Å². The van der Waals surface area contributed by atoms with Crippen molar-refractivity contribution in [2.45, 2.75) is 19.6 Å². The first-order valence-electron chi connectivity index (χ1n) is 11.0. The van der Waals surface area contributed by atoms with Crippen molar-refractivity contribution < 1.29 is 17.9 Å². The van der Waals surface area contributed by atoms with Gasteiger partial charge in [-0.05, 0) is 53.9 Å². The first kappa shape index (κ1) is 23.3. The lowest BCUT2D eigenvalue weighted by atomic mass is 9.96. The second kappa shape index (κ2) is 8.95. The number of methoxy groups -OCH3 is 1. The highest BCUT2D eigenvalue weighted by Crippen LogP contribution is 2.35. The van der Waals surface area contributed by atoms with Gasteiger partial charge in [0, 0.05) is 29.7 Å². The summed E-state index contributed by atoms with van der Waals surface area (Å²) in [6.07, 6.45) is 0.345. The molecule has 7 nitrogen and oxygen atoms in total. The lowest BCUT2D eigenvalue weighted by molar-refractivity contribution is -0.141. The van der Waals surface area contributed by atoms with Crippen LogP contribution in [0.2, 0.25) is 0 Å². The third kappa shape index (κ3) is 4.21. The minimum Gasteiger partial charge on any atom is -0.481 e. The Labute approximate surface area is 203 Å². The van der Waals surface area contributed by atoms with Crippen LogP contribution in [-0.2, 0) is 12.7 Å². The Morgan fingerprint density at radius 2 is 1.67 bits per heavy atom. The predicted molar refractivity (Wildman–Crippen MR) is 128 cm³/mol. The highest BCUT2D eigenvalue weighted by molar-refractivity contribution is 5.91. The van der Waals surface area contributed by atoms with E-state index in [0.717, 1.165) is 33.9 Å². The fraction of sp³-hybridized carbons (Fsp3) is 0.154. The van der Waals surface area contributed by atoms with E-state index in [1.807, 2.05) is 49.4 Å². The number of nitrogens with zero attached hydrogens (tertiary/aromatic N) is 5. The minimum absolute atomic E-state index is 0.121. The van der Waals surface area contributed by atoms with Crippen LogP contribution in [0.1, 0.15) is 16.8 Å². The molecule has 0 unspecified atom stereocenters. The Balaban J connectivity index is 1.67. The lowest BCUT2D eigenvalue weighted by Gasteiger charge is -2.11. The van der Waals surface area contributed by atoms with E-state index in [1.54, 1.807) is 18.6 Å². The number of aryl methyl sites for hydroxylation is 1. The lowest BCUT2D eigenvalue weighted by Crippen LogP contribution is -2.22. The number of alkyl halides is 3. The molecule has 0 fully saturated rings. The number of aromatic nitrogens is 5. The molecule has 0 saturated carbocycles. The van der Waals surface area contributed by atoms with Crippen LogP contribution in [0, 0.1) is 6.92 Å².